The average molecular weight is 293 g/mol. The molecule has 3 rings (SSSR count). The van der Waals surface area contributed by atoms with Crippen molar-refractivity contribution in [2.75, 3.05) is 6.79 Å². The Morgan fingerprint density at radius 2 is 1.77 bits per heavy atom. The first-order chi connectivity index (χ1) is 10.7. The van der Waals surface area contributed by atoms with Gasteiger partial charge in [0.25, 0.3) is 0 Å². The van der Waals surface area contributed by atoms with Crippen LogP contribution >= 0.6 is 0 Å². The third-order valence-electron chi connectivity index (χ3n) is 3.27. The zero-order valence-corrected chi connectivity index (χ0v) is 11.4. The van der Waals surface area contributed by atoms with Gasteiger partial charge in [-0.1, -0.05) is 18.2 Å². The zero-order valence-electron chi connectivity index (χ0n) is 11.4. The van der Waals surface area contributed by atoms with Gasteiger partial charge in [0.1, 0.15) is 0 Å². The summed E-state index contributed by atoms with van der Waals surface area (Å²) >= 11 is 0. The number of hydrogen-bond acceptors (Lipinski definition) is 4. The van der Waals surface area contributed by atoms with Crippen molar-refractivity contribution in [3.05, 3.63) is 59.2 Å². The third-order valence-corrected chi connectivity index (χ3v) is 3.27. The topological polar surface area (TPSA) is 79.5 Å². The van der Waals surface area contributed by atoms with E-state index in [1.54, 1.807) is 30.3 Å². The van der Waals surface area contributed by atoms with Gasteiger partial charge in [-0.2, -0.15) is 5.26 Å². The van der Waals surface area contributed by atoms with Gasteiger partial charge in [0.15, 0.2) is 11.5 Å². The minimum Gasteiger partial charge on any atom is -0.478 e. The van der Waals surface area contributed by atoms with E-state index in [4.69, 9.17) is 14.6 Å². The van der Waals surface area contributed by atoms with Gasteiger partial charge in [0, 0.05) is 0 Å². The van der Waals surface area contributed by atoms with Gasteiger partial charge in [-0.15, -0.1) is 0 Å². The molecule has 0 saturated carbocycles. The summed E-state index contributed by atoms with van der Waals surface area (Å²) in [4.78, 5) is 10.8. The minimum atomic E-state index is -0.996. The highest BCUT2D eigenvalue weighted by Crippen LogP contribution is 2.33. The zero-order chi connectivity index (χ0) is 15.5. The Hall–Kier alpha value is -3.26. The molecule has 1 heterocycles. The number of fused-ring (bicyclic) bond motifs is 1. The number of aromatic carboxylic acids is 1. The third kappa shape index (κ3) is 2.63. The van der Waals surface area contributed by atoms with Crippen molar-refractivity contribution in [2.45, 2.75) is 0 Å². The molecule has 0 radical (unpaired) electrons. The van der Waals surface area contributed by atoms with E-state index in [1.807, 2.05) is 6.07 Å². The summed E-state index contributed by atoms with van der Waals surface area (Å²) in [7, 11) is 0. The van der Waals surface area contributed by atoms with E-state index in [1.165, 1.54) is 12.1 Å². The van der Waals surface area contributed by atoms with Crippen molar-refractivity contribution in [3.63, 3.8) is 0 Å². The van der Waals surface area contributed by atoms with Crippen LogP contribution in [-0.2, 0) is 0 Å². The van der Waals surface area contributed by atoms with Crippen LogP contribution < -0.4 is 9.47 Å². The molecule has 5 heteroatoms. The highest BCUT2D eigenvalue weighted by Gasteiger charge is 2.13. The Kier molecular flexibility index (Phi) is 3.50. The normalized spacial score (nSPS) is 12.8. The van der Waals surface area contributed by atoms with Gasteiger partial charge in [0.05, 0.1) is 17.2 Å². The molecule has 0 bridgehead atoms. The Balaban J connectivity index is 1.93. The van der Waals surface area contributed by atoms with Crippen LogP contribution in [-0.4, -0.2) is 17.9 Å². The largest absolute Gasteiger partial charge is 0.478 e. The number of ether oxygens (including phenoxy) is 2. The number of carbonyl (C=O) groups is 1. The quantitative estimate of drug-likeness (QED) is 0.694. The van der Waals surface area contributed by atoms with Gasteiger partial charge >= 0.3 is 5.97 Å². The Morgan fingerprint density at radius 3 is 2.45 bits per heavy atom. The van der Waals surface area contributed by atoms with E-state index in [0.717, 1.165) is 5.56 Å². The molecule has 0 unspecified atom stereocenters. The fourth-order valence-electron chi connectivity index (χ4n) is 2.14. The Labute approximate surface area is 126 Å². The van der Waals surface area contributed by atoms with Gasteiger partial charge < -0.3 is 14.6 Å². The molecular weight excluding hydrogens is 282 g/mol. The number of allylic oxidation sites excluding steroid dienone is 1. The van der Waals surface area contributed by atoms with Gasteiger partial charge in [-0.3, -0.25) is 0 Å². The van der Waals surface area contributed by atoms with Crippen molar-refractivity contribution in [1.29, 1.82) is 5.26 Å². The van der Waals surface area contributed by atoms with E-state index >= 15 is 0 Å². The van der Waals surface area contributed by atoms with Crippen LogP contribution in [0.5, 0.6) is 11.5 Å². The molecular formula is C17H11NO4. The maximum absolute atomic E-state index is 10.8. The van der Waals surface area contributed by atoms with Gasteiger partial charge in [-0.25, -0.2) is 4.79 Å². The van der Waals surface area contributed by atoms with Crippen molar-refractivity contribution < 1.29 is 19.4 Å². The molecule has 2 aromatic carbocycles. The molecule has 5 nitrogen and oxygen atoms in total. The monoisotopic (exact) mass is 293 g/mol. The first kappa shape index (κ1) is 13.7. The summed E-state index contributed by atoms with van der Waals surface area (Å²) in [6, 6.07) is 13.7. The molecule has 0 fully saturated rings. The van der Waals surface area contributed by atoms with E-state index < -0.39 is 5.97 Å². The molecule has 0 amide bonds. The number of rotatable bonds is 3. The second-order valence-electron chi connectivity index (χ2n) is 4.67. The first-order valence-electron chi connectivity index (χ1n) is 6.52. The lowest BCUT2D eigenvalue weighted by Gasteiger charge is -2.02. The smallest absolute Gasteiger partial charge is 0.335 e. The van der Waals surface area contributed by atoms with E-state index in [9.17, 15) is 10.1 Å². The summed E-state index contributed by atoms with van der Waals surface area (Å²) in [6.07, 6.45) is 1.72. The number of carboxylic acid groups (broad SMARTS) is 1. The highest BCUT2D eigenvalue weighted by molar-refractivity contribution is 5.92. The van der Waals surface area contributed by atoms with Gasteiger partial charge in [-0.05, 0) is 41.5 Å². The Bertz CT molecular complexity index is 800. The molecule has 2 aromatic rings. The Morgan fingerprint density at radius 1 is 1.09 bits per heavy atom. The van der Waals surface area contributed by atoms with Crippen LogP contribution in [0, 0.1) is 11.3 Å². The minimum absolute atomic E-state index is 0.184. The molecule has 0 saturated heterocycles. The van der Waals surface area contributed by atoms with Crippen molar-refractivity contribution in [2.24, 2.45) is 0 Å². The summed E-state index contributed by atoms with van der Waals surface area (Å²) < 4.78 is 10.5. The van der Waals surface area contributed by atoms with Crippen molar-refractivity contribution >= 4 is 17.6 Å². The van der Waals surface area contributed by atoms with Crippen LogP contribution in [0.15, 0.2) is 42.5 Å². The molecule has 22 heavy (non-hydrogen) atoms. The second kappa shape index (κ2) is 5.62. The highest BCUT2D eigenvalue weighted by atomic mass is 16.7. The summed E-state index contributed by atoms with van der Waals surface area (Å²) in [5.74, 6) is 0.332. The molecule has 0 spiro atoms. The van der Waals surface area contributed by atoms with Crippen LogP contribution in [0.1, 0.15) is 21.5 Å². The van der Waals surface area contributed by atoms with Gasteiger partial charge in [0.2, 0.25) is 6.79 Å². The second-order valence-corrected chi connectivity index (χ2v) is 4.67. The maximum Gasteiger partial charge on any atom is 0.335 e. The fourth-order valence-corrected chi connectivity index (χ4v) is 2.14. The molecule has 0 atom stereocenters. The van der Waals surface area contributed by atoms with Crippen molar-refractivity contribution in [3.8, 4) is 17.6 Å². The van der Waals surface area contributed by atoms with Crippen molar-refractivity contribution in [1.82, 2.24) is 0 Å². The molecule has 0 aromatic heterocycles. The number of carboxylic acids is 1. The molecule has 1 aliphatic rings. The predicted octanol–water partition coefficient (Wildman–Crippen LogP) is 3.18. The number of hydrogen-bond donors (Lipinski definition) is 1. The fraction of sp³-hybridized carbons (Fsp3) is 0.0588. The summed E-state index contributed by atoms with van der Waals surface area (Å²) in [5, 5.41) is 18.2. The van der Waals surface area contributed by atoms with Crippen LogP contribution in [0.4, 0.5) is 0 Å². The lowest BCUT2D eigenvalue weighted by molar-refractivity contribution is 0.0697. The number of nitrogens with zero attached hydrogens (tertiary/aromatic N) is 1. The molecule has 1 N–H and O–H groups in total. The van der Waals surface area contributed by atoms with Crippen LogP contribution in [0.25, 0.3) is 11.6 Å². The SMILES string of the molecule is N#C/C(=C/c1ccc2c(c1)OCO2)c1ccc(C(=O)O)cc1. The molecule has 108 valence electrons. The summed E-state index contributed by atoms with van der Waals surface area (Å²) in [6.45, 7) is 0.199. The number of nitriles is 1. The van der Waals surface area contributed by atoms with Crippen LogP contribution in [0.3, 0.4) is 0 Å². The standard InChI is InChI=1S/C17H11NO4/c18-9-14(12-2-4-13(5-3-12)17(19)20)7-11-1-6-15-16(8-11)22-10-21-15/h1-8H,10H2,(H,19,20)/b14-7-. The predicted molar refractivity (Wildman–Crippen MR) is 79.5 cm³/mol. The number of benzene rings is 2. The van der Waals surface area contributed by atoms with E-state index in [-0.39, 0.29) is 12.4 Å². The maximum atomic E-state index is 10.8. The lowest BCUT2D eigenvalue weighted by atomic mass is 10.0. The summed E-state index contributed by atoms with van der Waals surface area (Å²) in [5.41, 5.74) is 2.09. The van der Waals surface area contributed by atoms with Crippen LogP contribution in [0.2, 0.25) is 0 Å². The lowest BCUT2D eigenvalue weighted by Crippen LogP contribution is -1.95. The van der Waals surface area contributed by atoms with E-state index in [2.05, 4.69) is 6.07 Å². The molecule has 1 aliphatic heterocycles. The first-order valence-corrected chi connectivity index (χ1v) is 6.52. The van der Waals surface area contributed by atoms with E-state index in [0.29, 0.717) is 22.6 Å². The average Bonchev–Trinajstić information content (AvgIpc) is 3.00. The molecule has 0 aliphatic carbocycles.